The monoisotopic (exact) mass is 293 g/mol. The van der Waals surface area contributed by atoms with Crippen molar-refractivity contribution in [2.45, 2.75) is 26.3 Å². The van der Waals surface area contributed by atoms with E-state index in [-0.39, 0.29) is 11.6 Å². The SMILES string of the molecule is CCOc1ccc(NC(=O)N2CC(C)(C)NC2=S)cc1. The summed E-state index contributed by atoms with van der Waals surface area (Å²) < 4.78 is 5.36. The van der Waals surface area contributed by atoms with Crippen LogP contribution in [0.5, 0.6) is 5.75 Å². The minimum absolute atomic E-state index is 0.187. The first kappa shape index (κ1) is 14.6. The van der Waals surface area contributed by atoms with Gasteiger partial charge in [-0.25, -0.2) is 4.79 Å². The molecule has 0 spiro atoms. The van der Waals surface area contributed by atoms with Gasteiger partial charge >= 0.3 is 6.03 Å². The molecule has 2 N–H and O–H groups in total. The highest BCUT2D eigenvalue weighted by atomic mass is 32.1. The lowest BCUT2D eigenvalue weighted by molar-refractivity contribution is 0.233. The molecule has 0 aliphatic carbocycles. The fourth-order valence-electron chi connectivity index (χ4n) is 2.02. The predicted octanol–water partition coefficient (Wildman–Crippen LogP) is 2.59. The van der Waals surface area contributed by atoms with Gasteiger partial charge in [0, 0.05) is 5.69 Å². The van der Waals surface area contributed by atoms with Crippen LogP contribution in [-0.4, -0.2) is 34.7 Å². The smallest absolute Gasteiger partial charge is 0.328 e. The maximum absolute atomic E-state index is 12.2. The molecule has 0 radical (unpaired) electrons. The average Bonchev–Trinajstić information content (AvgIpc) is 2.66. The summed E-state index contributed by atoms with van der Waals surface area (Å²) in [5.41, 5.74) is 0.527. The number of nitrogens with zero attached hydrogens (tertiary/aromatic N) is 1. The molecule has 2 rings (SSSR count). The average molecular weight is 293 g/mol. The van der Waals surface area contributed by atoms with Gasteiger partial charge < -0.3 is 15.4 Å². The minimum Gasteiger partial charge on any atom is -0.494 e. The van der Waals surface area contributed by atoms with E-state index in [9.17, 15) is 4.79 Å². The van der Waals surface area contributed by atoms with Crippen molar-refractivity contribution in [3.8, 4) is 5.75 Å². The van der Waals surface area contributed by atoms with Gasteiger partial charge in [0.1, 0.15) is 5.75 Å². The van der Waals surface area contributed by atoms with Crippen LogP contribution in [0.1, 0.15) is 20.8 Å². The summed E-state index contributed by atoms with van der Waals surface area (Å²) in [5.74, 6) is 0.782. The molecule has 5 nitrogen and oxygen atoms in total. The van der Waals surface area contributed by atoms with Crippen LogP contribution in [0.2, 0.25) is 0 Å². The van der Waals surface area contributed by atoms with Crippen LogP contribution in [0.4, 0.5) is 10.5 Å². The van der Waals surface area contributed by atoms with Gasteiger partial charge in [-0.2, -0.15) is 0 Å². The van der Waals surface area contributed by atoms with Gasteiger partial charge in [0.2, 0.25) is 0 Å². The molecular formula is C14H19N3O2S. The molecule has 108 valence electrons. The molecule has 2 amide bonds. The number of benzene rings is 1. The number of anilines is 1. The van der Waals surface area contributed by atoms with Gasteiger partial charge in [-0.15, -0.1) is 0 Å². The molecule has 0 aromatic heterocycles. The van der Waals surface area contributed by atoms with Crippen molar-refractivity contribution in [3.05, 3.63) is 24.3 Å². The van der Waals surface area contributed by atoms with Gasteiger partial charge in [-0.1, -0.05) is 0 Å². The Balaban J connectivity index is 1.99. The van der Waals surface area contributed by atoms with E-state index in [1.54, 1.807) is 12.1 Å². The van der Waals surface area contributed by atoms with E-state index >= 15 is 0 Å². The standard InChI is InChI=1S/C14H19N3O2S/c1-4-19-11-7-5-10(6-8-11)15-12(18)17-9-14(2,3)16-13(17)20/h5-8H,4,9H2,1-3H3,(H,15,18)(H,16,20). The number of carbonyl (C=O) groups is 1. The van der Waals surface area contributed by atoms with Crippen LogP contribution in [0.15, 0.2) is 24.3 Å². The number of carbonyl (C=O) groups excluding carboxylic acids is 1. The van der Waals surface area contributed by atoms with Gasteiger partial charge in [-0.3, -0.25) is 4.90 Å². The molecule has 1 aliphatic heterocycles. The first-order valence-corrected chi connectivity index (χ1v) is 6.95. The highest BCUT2D eigenvalue weighted by molar-refractivity contribution is 7.80. The Labute approximate surface area is 124 Å². The number of rotatable bonds is 3. The Kier molecular flexibility index (Phi) is 4.13. The van der Waals surface area contributed by atoms with Crippen molar-refractivity contribution in [2.75, 3.05) is 18.5 Å². The zero-order chi connectivity index (χ0) is 14.8. The Morgan fingerprint density at radius 2 is 2.10 bits per heavy atom. The van der Waals surface area contributed by atoms with Crippen molar-refractivity contribution in [2.24, 2.45) is 0 Å². The number of amides is 2. The zero-order valence-electron chi connectivity index (χ0n) is 11.9. The van der Waals surface area contributed by atoms with Gasteiger partial charge in [0.15, 0.2) is 5.11 Å². The number of thiocarbonyl (C=S) groups is 1. The van der Waals surface area contributed by atoms with Crippen molar-refractivity contribution < 1.29 is 9.53 Å². The Hall–Kier alpha value is -1.82. The highest BCUT2D eigenvalue weighted by Crippen LogP contribution is 2.19. The van der Waals surface area contributed by atoms with E-state index in [0.717, 1.165) is 5.75 Å². The second kappa shape index (κ2) is 5.66. The van der Waals surface area contributed by atoms with Crippen LogP contribution in [0, 0.1) is 0 Å². The number of hydrogen-bond donors (Lipinski definition) is 2. The van der Waals surface area contributed by atoms with Crippen molar-refractivity contribution in [1.29, 1.82) is 0 Å². The molecule has 6 heteroatoms. The Morgan fingerprint density at radius 1 is 1.45 bits per heavy atom. The lowest BCUT2D eigenvalue weighted by atomic mass is 10.1. The molecule has 1 aliphatic rings. The van der Waals surface area contributed by atoms with Crippen LogP contribution in [0.25, 0.3) is 0 Å². The molecule has 1 aromatic rings. The fraction of sp³-hybridized carbons (Fsp3) is 0.429. The zero-order valence-corrected chi connectivity index (χ0v) is 12.7. The van der Waals surface area contributed by atoms with Gasteiger partial charge in [0.05, 0.1) is 18.7 Å². The van der Waals surface area contributed by atoms with E-state index in [1.165, 1.54) is 4.90 Å². The first-order chi connectivity index (χ1) is 9.41. The Bertz CT molecular complexity index is 514. The molecule has 1 fully saturated rings. The van der Waals surface area contributed by atoms with E-state index in [1.807, 2.05) is 32.9 Å². The van der Waals surface area contributed by atoms with E-state index in [4.69, 9.17) is 17.0 Å². The second-order valence-corrected chi connectivity index (χ2v) is 5.67. The number of urea groups is 1. The van der Waals surface area contributed by atoms with Crippen LogP contribution in [-0.2, 0) is 0 Å². The van der Waals surface area contributed by atoms with Gasteiger partial charge in [0.25, 0.3) is 0 Å². The molecule has 0 bridgehead atoms. The topological polar surface area (TPSA) is 53.6 Å². The normalized spacial score (nSPS) is 16.8. The van der Waals surface area contributed by atoms with E-state index in [0.29, 0.717) is 24.0 Å². The molecule has 1 heterocycles. The quantitative estimate of drug-likeness (QED) is 0.841. The molecule has 0 atom stereocenters. The number of hydrogen-bond acceptors (Lipinski definition) is 3. The maximum Gasteiger partial charge on any atom is 0.328 e. The first-order valence-electron chi connectivity index (χ1n) is 6.55. The molecule has 1 aromatic carbocycles. The van der Waals surface area contributed by atoms with E-state index in [2.05, 4.69) is 10.6 Å². The number of ether oxygens (including phenoxy) is 1. The lowest BCUT2D eigenvalue weighted by Gasteiger charge is -2.18. The van der Waals surface area contributed by atoms with Crippen LogP contribution >= 0.6 is 12.2 Å². The molecular weight excluding hydrogens is 274 g/mol. The summed E-state index contributed by atoms with van der Waals surface area (Å²) in [7, 11) is 0. The minimum atomic E-state index is -0.225. The second-order valence-electron chi connectivity index (χ2n) is 5.29. The summed E-state index contributed by atoms with van der Waals surface area (Å²) in [6.45, 7) is 7.11. The fourth-order valence-corrected chi connectivity index (χ4v) is 2.44. The molecule has 20 heavy (non-hydrogen) atoms. The van der Waals surface area contributed by atoms with Crippen molar-refractivity contribution in [3.63, 3.8) is 0 Å². The van der Waals surface area contributed by atoms with Crippen LogP contribution in [0.3, 0.4) is 0 Å². The predicted molar refractivity (Wildman–Crippen MR) is 83.1 cm³/mol. The lowest BCUT2D eigenvalue weighted by Crippen LogP contribution is -2.37. The van der Waals surface area contributed by atoms with Gasteiger partial charge in [-0.05, 0) is 57.3 Å². The van der Waals surface area contributed by atoms with E-state index < -0.39 is 0 Å². The maximum atomic E-state index is 12.2. The third kappa shape index (κ3) is 3.39. The summed E-state index contributed by atoms with van der Waals surface area (Å²) in [6, 6.07) is 7.03. The van der Waals surface area contributed by atoms with Crippen LogP contribution < -0.4 is 15.4 Å². The third-order valence-corrected chi connectivity index (χ3v) is 3.23. The number of nitrogens with one attached hydrogen (secondary N) is 2. The molecule has 0 saturated carbocycles. The van der Waals surface area contributed by atoms with Crippen molar-refractivity contribution >= 4 is 29.0 Å². The highest BCUT2D eigenvalue weighted by Gasteiger charge is 2.35. The summed E-state index contributed by atoms with van der Waals surface area (Å²) in [6.07, 6.45) is 0. The van der Waals surface area contributed by atoms with Crippen molar-refractivity contribution in [1.82, 2.24) is 10.2 Å². The molecule has 1 saturated heterocycles. The molecule has 0 unspecified atom stereocenters. The Morgan fingerprint density at radius 3 is 2.60 bits per heavy atom. The largest absolute Gasteiger partial charge is 0.494 e. The summed E-state index contributed by atoms with van der Waals surface area (Å²) >= 11 is 5.17. The summed E-state index contributed by atoms with van der Waals surface area (Å²) in [4.78, 5) is 13.7. The summed E-state index contributed by atoms with van der Waals surface area (Å²) in [5, 5.41) is 6.39. The third-order valence-electron chi connectivity index (χ3n) is 2.91.